The van der Waals surface area contributed by atoms with E-state index in [9.17, 15) is 23.3 Å². The van der Waals surface area contributed by atoms with Crippen molar-refractivity contribution in [1.29, 1.82) is 0 Å². The maximum absolute atomic E-state index is 12.4. The third-order valence-corrected chi connectivity index (χ3v) is 5.82. The Morgan fingerprint density at radius 1 is 1.16 bits per heavy atom. The molecule has 0 saturated carbocycles. The zero-order valence-electron chi connectivity index (χ0n) is 11.9. The predicted molar refractivity (Wildman–Crippen MR) is 94.3 cm³/mol. The molecule has 1 N–H and O–H groups in total. The third kappa shape index (κ3) is 3.47. The van der Waals surface area contributed by atoms with Crippen molar-refractivity contribution in [3.8, 4) is 0 Å². The van der Waals surface area contributed by atoms with Crippen molar-refractivity contribution in [1.82, 2.24) is 0 Å². The molecular weight excluding hydrogens is 415 g/mol. The van der Waals surface area contributed by atoms with Crippen LogP contribution in [0.5, 0.6) is 0 Å². The summed E-state index contributed by atoms with van der Waals surface area (Å²) in [4.78, 5) is 20.5. The van der Waals surface area contributed by atoms with Crippen molar-refractivity contribution in [3.63, 3.8) is 0 Å². The number of benzene rings is 2. The Balaban J connectivity index is 2.03. The quantitative estimate of drug-likeness (QED) is 0.505. The zero-order chi connectivity index (χ0) is 18.4. The van der Waals surface area contributed by atoms with Crippen LogP contribution < -0.4 is 9.66 Å². The summed E-state index contributed by atoms with van der Waals surface area (Å²) in [6.45, 7) is 0. The van der Waals surface area contributed by atoms with E-state index in [0.29, 0.717) is 4.70 Å². The van der Waals surface area contributed by atoms with Gasteiger partial charge in [-0.3, -0.25) is 14.8 Å². The normalized spacial score (nSPS) is 11.6. The van der Waals surface area contributed by atoms with Gasteiger partial charge >= 0.3 is 4.94 Å². The summed E-state index contributed by atoms with van der Waals surface area (Å²) in [6, 6.07) is 5.74. The monoisotopic (exact) mass is 420 g/mol. The maximum atomic E-state index is 12.4. The van der Waals surface area contributed by atoms with Crippen LogP contribution in [-0.2, 0) is 10.0 Å². The van der Waals surface area contributed by atoms with E-state index in [2.05, 4.69) is 4.72 Å². The van der Waals surface area contributed by atoms with Gasteiger partial charge in [-0.15, -0.1) is 0 Å². The Morgan fingerprint density at radius 3 is 2.56 bits per heavy atom. The molecule has 0 saturated heterocycles. The smallest absolute Gasteiger partial charge is 0.396 e. The molecule has 0 amide bonds. The van der Waals surface area contributed by atoms with E-state index in [-0.39, 0.29) is 26.2 Å². The Morgan fingerprint density at radius 2 is 1.88 bits per heavy atom. The first-order chi connectivity index (χ1) is 11.7. The van der Waals surface area contributed by atoms with E-state index in [1.54, 1.807) is 0 Å². The molecular formula is C13H6Cl2N2O6S2. The van der Waals surface area contributed by atoms with E-state index < -0.39 is 25.6 Å². The van der Waals surface area contributed by atoms with Gasteiger partial charge in [0.2, 0.25) is 0 Å². The number of nitro benzene ring substituents is 1. The largest absolute Gasteiger partial charge is 0.412 e. The molecule has 0 aliphatic heterocycles. The Labute approximate surface area is 153 Å². The van der Waals surface area contributed by atoms with Crippen LogP contribution in [-0.4, -0.2) is 13.3 Å². The van der Waals surface area contributed by atoms with E-state index in [0.717, 1.165) is 29.5 Å². The van der Waals surface area contributed by atoms with E-state index >= 15 is 0 Å². The van der Waals surface area contributed by atoms with Gasteiger partial charge < -0.3 is 4.42 Å². The van der Waals surface area contributed by atoms with Crippen LogP contribution in [0.25, 0.3) is 10.3 Å². The number of halogens is 2. The second-order valence-electron chi connectivity index (χ2n) is 4.72. The summed E-state index contributed by atoms with van der Waals surface area (Å²) in [6.07, 6.45) is 0. The number of nitrogens with zero attached hydrogens (tertiary/aromatic N) is 1. The first kappa shape index (κ1) is 17.7. The van der Waals surface area contributed by atoms with Gasteiger partial charge in [0.05, 0.1) is 25.2 Å². The number of nitro groups is 1. The highest BCUT2D eigenvalue weighted by atomic mass is 35.5. The van der Waals surface area contributed by atoms with E-state index in [1.807, 2.05) is 0 Å². The van der Waals surface area contributed by atoms with Crippen molar-refractivity contribution >= 4 is 66.2 Å². The van der Waals surface area contributed by atoms with Crippen LogP contribution in [0.4, 0.5) is 11.4 Å². The van der Waals surface area contributed by atoms with Crippen molar-refractivity contribution in [3.05, 3.63) is 60.2 Å². The van der Waals surface area contributed by atoms with Crippen molar-refractivity contribution in [2.45, 2.75) is 4.90 Å². The molecule has 0 spiro atoms. The van der Waals surface area contributed by atoms with Gasteiger partial charge in [0, 0.05) is 6.07 Å². The fourth-order valence-corrected chi connectivity index (χ4v) is 4.30. The van der Waals surface area contributed by atoms with Gasteiger partial charge in [-0.25, -0.2) is 13.2 Å². The summed E-state index contributed by atoms with van der Waals surface area (Å²) in [5.41, 5.74) is -0.306. The number of sulfonamides is 1. The van der Waals surface area contributed by atoms with Crippen LogP contribution in [0.1, 0.15) is 0 Å². The molecule has 0 radical (unpaired) electrons. The summed E-state index contributed by atoms with van der Waals surface area (Å²) < 4.78 is 32.4. The fraction of sp³-hybridized carbons (Fsp3) is 0. The molecule has 0 bridgehead atoms. The van der Waals surface area contributed by atoms with Crippen LogP contribution in [0.2, 0.25) is 10.0 Å². The van der Waals surface area contributed by atoms with E-state index in [4.69, 9.17) is 27.6 Å². The lowest BCUT2D eigenvalue weighted by atomic mass is 10.3. The number of hydrogen-bond donors (Lipinski definition) is 1. The molecule has 0 aliphatic rings. The van der Waals surface area contributed by atoms with Gasteiger partial charge in [0.15, 0.2) is 5.58 Å². The molecule has 12 heteroatoms. The molecule has 8 nitrogen and oxygen atoms in total. The number of anilines is 1. The molecule has 1 heterocycles. The number of hydrogen-bond acceptors (Lipinski definition) is 7. The van der Waals surface area contributed by atoms with Gasteiger partial charge in [-0.1, -0.05) is 34.5 Å². The summed E-state index contributed by atoms with van der Waals surface area (Å²) in [5.74, 6) is 0. The summed E-state index contributed by atoms with van der Waals surface area (Å²) in [7, 11) is -4.14. The van der Waals surface area contributed by atoms with Gasteiger partial charge in [-0.2, -0.15) is 0 Å². The standard InChI is InChI=1S/C13H6Cl2N2O6S2/c14-8-2-1-7(5-10(8)17(19)20)25(21,22)16-6-3-9(15)12-11(4-6)24-13(18)23-12/h1-5,16H. The highest BCUT2D eigenvalue weighted by molar-refractivity contribution is 7.92. The highest BCUT2D eigenvalue weighted by Gasteiger charge is 2.21. The molecule has 0 unspecified atom stereocenters. The third-order valence-electron chi connectivity index (χ3n) is 3.07. The average molecular weight is 421 g/mol. The molecule has 2 aromatic carbocycles. The van der Waals surface area contributed by atoms with Gasteiger partial charge in [0.25, 0.3) is 15.7 Å². The highest BCUT2D eigenvalue weighted by Crippen LogP contribution is 2.32. The number of nitrogens with one attached hydrogen (secondary N) is 1. The first-order valence-corrected chi connectivity index (χ1v) is 9.43. The molecule has 3 rings (SSSR count). The van der Waals surface area contributed by atoms with Crippen molar-refractivity contribution < 1.29 is 17.8 Å². The van der Waals surface area contributed by atoms with Crippen LogP contribution in [0, 0.1) is 10.1 Å². The van der Waals surface area contributed by atoms with Crippen LogP contribution in [0.3, 0.4) is 0 Å². The lowest BCUT2D eigenvalue weighted by molar-refractivity contribution is -0.384. The SMILES string of the molecule is O=c1oc2c(Cl)cc(NS(=O)(=O)c3ccc(Cl)c([N+](=O)[O-])c3)cc2s1. The first-order valence-electron chi connectivity index (χ1n) is 6.37. The zero-order valence-corrected chi connectivity index (χ0v) is 15.0. The van der Waals surface area contributed by atoms with Crippen molar-refractivity contribution in [2.75, 3.05) is 4.72 Å². The molecule has 3 aromatic rings. The second-order valence-corrected chi connectivity index (χ2v) is 8.19. The molecule has 25 heavy (non-hydrogen) atoms. The molecule has 130 valence electrons. The molecule has 0 atom stereocenters. The Kier molecular flexibility index (Phi) is 4.45. The fourth-order valence-electron chi connectivity index (χ4n) is 2.01. The lowest BCUT2D eigenvalue weighted by Crippen LogP contribution is -2.13. The molecule has 1 aromatic heterocycles. The predicted octanol–water partition coefficient (Wildman–Crippen LogP) is 3.87. The Hall–Kier alpha value is -2.14. The minimum absolute atomic E-state index is 0.0515. The lowest BCUT2D eigenvalue weighted by Gasteiger charge is -2.09. The van der Waals surface area contributed by atoms with Crippen LogP contribution in [0.15, 0.2) is 44.4 Å². The van der Waals surface area contributed by atoms with Crippen molar-refractivity contribution in [2.24, 2.45) is 0 Å². The minimum atomic E-state index is -4.14. The summed E-state index contributed by atoms with van der Waals surface area (Å²) in [5, 5.41) is 10.8. The molecule has 0 aliphatic carbocycles. The second kappa shape index (κ2) is 6.30. The Bertz CT molecular complexity index is 1170. The minimum Gasteiger partial charge on any atom is -0.412 e. The number of fused-ring (bicyclic) bond motifs is 1. The van der Waals surface area contributed by atoms with Gasteiger partial charge in [0.1, 0.15) is 5.02 Å². The number of rotatable bonds is 4. The average Bonchev–Trinajstić information content (AvgIpc) is 2.87. The van der Waals surface area contributed by atoms with Gasteiger partial charge in [-0.05, 0) is 24.3 Å². The maximum Gasteiger partial charge on any atom is 0.396 e. The topological polar surface area (TPSA) is 120 Å². The van der Waals surface area contributed by atoms with E-state index in [1.165, 1.54) is 12.1 Å². The van der Waals surface area contributed by atoms with Crippen LogP contribution >= 0.6 is 34.5 Å². The summed E-state index contributed by atoms with van der Waals surface area (Å²) >= 11 is 12.4. The molecule has 0 fully saturated rings.